The summed E-state index contributed by atoms with van der Waals surface area (Å²) in [5, 5.41) is 3.08. The van der Waals surface area contributed by atoms with Crippen molar-refractivity contribution in [1.82, 2.24) is 14.9 Å². The molecule has 142 valence electrons. The molecule has 1 N–H and O–H groups in total. The lowest BCUT2D eigenvalue weighted by molar-refractivity contribution is -0.0228. The van der Waals surface area contributed by atoms with Gasteiger partial charge in [-0.1, -0.05) is 30.3 Å². The van der Waals surface area contributed by atoms with Crippen molar-refractivity contribution in [3.05, 3.63) is 83.9 Å². The molecule has 0 bridgehead atoms. The van der Waals surface area contributed by atoms with Crippen LogP contribution in [0.3, 0.4) is 0 Å². The fourth-order valence-corrected chi connectivity index (χ4v) is 3.05. The number of aromatic nitrogens is 2. The zero-order valence-corrected chi connectivity index (χ0v) is 15.1. The average Bonchev–Trinajstić information content (AvgIpc) is 2.75. The number of anilines is 2. The van der Waals surface area contributed by atoms with Crippen LogP contribution in [-0.4, -0.2) is 40.5 Å². The Bertz CT molecular complexity index is 933. The van der Waals surface area contributed by atoms with E-state index in [-0.39, 0.29) is 17.8 Å². The highest BCUT2D eigenvalue weighted by Crippen LogP contribution is 2.23. The molecule has 2 heterocycles. The highest BCUT2D eigenvalue weighted by molar-refractivity contribution is 5.93. The molecule has 0 aliphatic carbocycles. The lowest BCUT2D eigenvalue weighted by Crippen LogP contribution is -2.42. The molecule has 0 spiro atoms. The van der Waals surface area contributed by atoms with Crippen LogP contribution in [-0.2, 0) is 4.74 Å². The lowest BCUT2D eigenvalue weighted by atomic mass is 10.1. The molecular formula is C21H19FN4O2. The summed E-state index contributed by atoms with van der Waals surface area (Å²) in [4.78, 5) is 23.0. The van der Waals surface area contributed by atoms with Gasteiger partial charge in [0.25, 0.3) is 5.91 Å². The van der Waals surface area contributed by atoms with Crippen molar-refractivity contribution in [3.8, 4) is 0 Å². The van der Waals surface area contributed by atoms with Gasteiger partial charge in [-0.15, -0.1) is 0 Å². The van der Waals surface area contributed by atoms with Crippen LogP contribution in [0.1, 0.15) is 22.0 Å². The molecule has 3 aromatic rings. The molecule has 1 amide bonds. The monoisotopic (exact) mass is 378 g/mol. The molecule has 2 aromatic carbocycles. The number of carbonyl (C=O) groups excluding carboxylic acids is 1. The first kappa shape index (κ1) is 18.1. The van der Waals surface area contributed by atoms with Crippen LogP contribution >= 0.6 is 0 Å². The molecule has 4 rings (SSSR count). The van der Waals surface area contributed by atoms with Crippen molar-refractivity contribution in [1.29, 1.82) is 0 Å². The molecule has 1 aliphatic rings. The number of nitrogens with one attached hydrogen (secondary N) is 1. The Kier molecular flexibility index (Phi) is 5.25. The van der Waals surface area contributed by atoms with Gasteiger partial charge in [-0.25, -0.2) is 14.4 Å². The standard InChI is InChI=1S/C21H19FN4O2/c22-17-8-6-15(7-9-17)19-14-26(10-11-28-19)20(27)16-12-23-21(24-13-16)25-18-4-2-1-3-5-18/h1-9,12-13,19H,10-11,14H2,(H,23,24,25)/t19-/m1/s1. The van der Waals surface area contributed by atoms with Crippen LogP contribution in [0.25, 0.3) is 0 Å². The van der Waals surface area contributed by atoms with E-state index in [0.717, 1.165) is 11.3 Å². The van der Waals surface area contributed by atoms with Crippen molar-refractivity contribution in [2.24, 2.45) is 0 Å². The number of rotatable bonds is 4. The van der Waals surface area contributed by atoms with E-state index in [9.17, 15) is 9.18 Å². The number of ether oxygens (including phenoxy) is 1. The summed E-state index contributed by atoms with van der Waals surface area (Å²) < 4.78 is 18.9. The van der Waals surface area contributed by atoms with Crippen LogP contribution in [0.5, 0.6) is 0 Å². The summed E-state index contributed by atoms with van der Waals surface area (Å²) in [6, 6.07) is 15.7. The number of hydrogen-bond donors (Lipinski definition) is 1. The van der Waals surface area contributed by atoms with Gasteiger partial charge in [0.15, 0.2) is 0 Å². The first-order valence-corrected chi connectivity index (χ1v) is 8.99. The van der Waals surface area contributed by atoms with E-state index >= 15 is 0 Å². The minimum Gasteiger partial charge on any atom is -0.370 e. The second kappa shape index (κ2) is 8.14. The fraction of sp³-hybridized carbons (Fsp3) is 0.190. The Morgan fingerprint density at radius 2 is 1.79 bits per heavy atom. The maximum absolute atomic E-state index is 13.1. The fourth-order valence-electron chi connectivity index (χ4n) is 3.05. The van der Waals surface area contributed by atoms with E-state index in [1.54, 1.807) is 17.0 Å². The number of carbonyl (C=O) groups is 1. The van der Waals surface area contributed by atoms with Crippen LogP contribution in [0, 0.1) is 5.82 Å². The van der Waals surface area contributed by atoms with Gasteiger partial charge < -0.3 is 15.0 Å². The van der Waals surface area contributed by atoms with Crippen LogP contribution in [0.2, 0.25) is 0 Å². The number of halogens is 1. The topological polar surface area (TPSA) is 67.4 Å². The van der Waals surface area contributed by atoms with E-state index in [2.05, 4.69) is 15.3 Å². The number of para-hydroxylation sites is 1. The third-order valence-electron chi connectivity index (χ3n) is 4.52. The Balaban J connectivity index is 1.42. The molecule has 1 fully saturated rings. The Hall–Kier alpha value is -3.32. The van der Waals surface area contributed by atoms with Crippen LogP contribution < -0.4 is 5.32 Å². The molecule has 1 aromatic heterocycles. The first-order valence-electron chi connectivity index (χ1n) is 8.99. The molecule has 1 aliphatic heterocycles. The summed E-state index contributed by atoms with van der Waals surface area (Å²) in [7, 11) is 0. The summed E-state index contributed by atoms with van der Waals surface area (Å²) in [6.45, 7) is 1.30. The van der Waals surface area contributed by atoms with E-state index in [0.29, 0.717) is 31.2 Å². The third kappa shape index (κ3) is 4.15. The number of hydrogen-bond acceptors (Lipinski definition) is 5. The zero-order chi connectivity index (χ0) is 19.3. The number of nitrogens with zero attached hydrogens (tertiary/aromatic N) is 3. The SMILES string of the molecule is O=C(c1cnc(Nc2ccccc2)nc1)N1CCO[C@@H](c2ccc(F)cc2)C1. The second-order valence-electron chi connectivity index (χ2n) is 6.45. The summed E-state index contributed by atoms with van der Waals surface area (Å²) in [5.74, 6) is -0.0237. The molecule has 0 radical (unpaired) electrons. The van der Waals surface area contributed by atoms with Gasteiger partial charge >= 0.3 is 0 Å². The summed E-state index contributed by atoms with van der Waals surface area (Å²) >= 11 is 0. The maximum atomic E-state index is 13.1. The normalized spacial score (nSPS) is 16.6. The van der Waals surface area contributed by atoms with Gasteiger partial charge in [0.05, 0.1) is 18.7 Å². The van der Waals surface area contributed by atoms with E-state index in [1.807, 2.05) is 30.3 Å². The second-order valence-corrected chi connectivity index (χ2v) is 6.45. The van der Waals surface area contributed by atoms with Gasteiger partial charge in [0.1, 0.15) is 11.9 Å². The minimum atomic E-state index is -0.297. The first-order chi connectivity index (χ1) is 13.7. The van der Waals surface area contributed by atoms with Gasteiger partial charge in [0.2, 0.25) is 5.95 Å². The Labute approximate surface area is 162 Å². The van der Waals surface area contributed by atoms with E-state index in [4.69, 9.17) is 4.74 Å². The molecule has 28 heavy (non-hydrogen) atoms. The van der Waals surface area contributed by atoms with Crippen LogP contribution in [0.15, 0.2) is 67.0 Å². The number of morpholine rings is 1. The van der Waals surface area contributed by atoms with Crippen molar-refractivity contribution in [3.63, 3.8) is 0 Å². The van der Waals surface area contributed by atoms with Crippen molar-refractivity contribution >= 4 is 17.5 Å². The average molecular weight is 378 g/mol. The minimum absolute atomic E-state index is 0.151. The molecule has 6 nitrogen and oxygen atoms in total. The molecular weight excluding hydrogens is 359 g/mol. The molecule has 1 saturated heterocycles. The molecule has 7 heteroatoms. The third-order valence-corrected chi connectivity index (χ3v) is 4.52. The summed E-state index contributed by atoms with van der Waals surface area (Å²) in [6.07, 6.45) is 2.75. The molecule has 0 saturated carbocycles. The van der Waals surface area contributed by atoms with Crippen molar-refractivity contribution in [2.45, 2.75) is 6.10 Å². The molecule has 1 atom stereocenters. The van der Waals surface area contributed by atoms with Crippen molar-refractivity contribution in [2.75, 3.05) is 25.0 Å². The van der Waals surface area contributed by atoms with Gasteiger partial charge in [-0.3, -0.25) is 4.79 Å². The highest BCUT2D eigenvalue weighted by atomic mass is 19.1. The predicted octanol–water partition coefficient (Wildman–Crippen LogP) is 3.57. The largest absolute Gasteiger partial charge is 0.370 e. The zero-order valence-electron chi connectivity index (χ0n) is 15.1. The number of amides is 1. The smallest absolute Gasteiger partial charge is 0.257 e. The van der Waals surface area contributed by atoms with Crippen molar-refractivity contribution < 1.29 is 13.9 Å². The lowest BCUT2D eigenvalue weighted by Gasteiger charge is -2.33. The highest BCUT2D eigenvalue weighted by Gasteiger charge is 2.26. The van der Waals surface area contributed by atoms with Gasteiger partial charge in [0, 0.05) is 24.6 Å². The molecule has 0 unspecified atom stereocenters. The van der Waals surface area contributed by atoms with Crippen LogP contribution in [0.4, 0.5) is 16.0 Å². The van der Waals surface area contributed by atoms with Gasteiger partial charge in [-0.2, -0.15) is 0 Å². The summed E-state index contributed by atoms with van der Waals surface area (Å²) in [5.41, 5.74) is 2.13. The van der Waals surface area contributed by atoms with Gasteiger partial charge in [-0.05, 0) is 29.8 Å². The maximum Gasteiger partial charge on any atom is 0.257 e. The van der Waals surface area contributed by atoms with E-state index < -0.39 is 0 Å². The number of benzene rings is 2. The van der Waals surface area contributed by atoms with E-state index in [1.165, 1.54) is 24.5 Å². The Morgan fingerprint density at radius 3 is 2.50 bits per heavy atom. The quantitative estimate of drug-likeness (QED) is 0.752. The Morgan fingerprint density at radius 1 is 1.07 bits per heavy atom. The predicted molar refractivity (Wildman–Crippen MR) is 103 cm³/mol.